The number of hydrazine groups is 1. The molecule has 0 spiro atoms. The molecule has 0 aromatic heterocycles. The van der Waals surface area contributed by atoms with Gasteiger partial charge >= 0.3 is 5.97 Å². The van der Waals surface area contributed by atoms with Crippen molar-refractivity contribution in [3.8, 4) is 0 Å². The summed E-state index contributed by atoms with van der Waals surface area (Å²) in [6, 6.07) is 0. The van der Waals surface area contributed by atoms with Gasteiger partial charge < -0.3 is 9.74 Å². The Balaban J connectivity index is 3.66. The van der Waals surface area contributed by atoms with E-state index < -0.39 is 15.8 Å². The van der Waals surface area contributed by atoms with Gasteiger partial charge in [-0.1, -0.05) is 5.59 Å². The first-order valence-corrected chi connectivity index (χ1v) is 6.43. The average Bonchev–Trinajstić information content (AvgIpc) is 2.11. The van der Waals surface area contributed by atoms with Crippen LogP contribution in [0.1, 0.15) is 6.42 Å². The number of hydrogen-bond donors (Lipinski definition) is 2. The number of carbonyl (C=O) groups excluding carboxylic acids is 1. The highest BCUT2D eigenvalue weighted by molar-refractivity contribution is 7.90. The van der Waals surface area contributed by atoms with Crippen LogP contribution in [0, 0.1) is 0 Å². The van der Waals surface area contributed by atoms with E-state index in [2.05, 4.69) is 4.84 Å². The summed E-state index contributed by atoms with van der Waals surface area (Å²) >= 11 is 0. The number of carbonyl (C=O) groups is 1. The lowest BCUT2D eigenvalue weighted by atomic mass is 10.4. The van der Waals surface area contributed by atoms with E-state index in [1.54, 1.807) is 17.5 Å². The van der Waals surface area contributed by atoms with E-state index in [1.165, 1.54) is 6.26 Å². The molecule has 90 valence electrons. The fourth-order valence-electron chi connectivity index (χ4n) is 0.832. The van der Waals surface area contributed by atoms with E-state index in [-0.39, 0.29) is 12.2 Å². The number of rotatable bonds is 7. The standard InChI is InChI=1S/C7H17N3O4S/c1-10(5-6-15(2,12)13)4-3-7(11)14-9-8/h9H,3-6,8H2,1-2H3. The zero-order valence-electron chi connectivity index (χ0n) is 8.89. The van der Waals surface area contributed by atoms with E-state index in [0.717, 1.165) is 0 Å². The van der Waals surface area contributed by atoms with E-state index in [4.69, 9.17) is 5.84 Å². The summed E-state index contributed by atoms with van der Waals surface area (Å²) in [6.45, 7) is 0.818. The first-order chi connectivity index (χ1) is 6.85. The third-order valence-corrected chi connectivity index (χ3v) is 2.64. The average molecular weight is 239 g/mol. The molecule has 0 aromatic carbocycles. The van der Waals surface area contributed by atoms with Crippen molar-refractivity contribution >= 4 is 15.8 Å². The Kier molecular flexibility index (Phi) is 6.41. The molecule has 8 heteroatoms. The minimum atomic E-state index is -2.96. The Labute approximate surface area is 89.4 Å². The first-order valence-electron chi connectivity index (χ1n) is 4.36. The Morgan fingerprint density at radius 3 is 2.53 bits per heavy atom. The minimum absolute atomic E-state index is 0.0771. The molecule has 3 N–H and O–H groups in total. The van der Waals surface area contributed by atoms with Crippen LogP contribution in [-0.4, -0.2) is 51.4 Å². The molecule has 0 rings (SSSR count). The lowest BCUT2D eigenvalue weighted by Crippen LogP contribution is -2.31. The van der Waals surface area contributed by atoms with E-state index in [9.17, 15) is 13.2 Å². The van der Waals surface area contributed by atoms with Gasteiger partial charge in [-0.3, -0.25) is 4.79 Å². The highest BCUT2D eigenvalue weighted by Crippen LogP contribution is 1.91. The Morgan fingerprint density at radius 1 is 1.47 bits per heavy atom. The summed E-state index contributed by atoms with van der Waals surface area (Å²) in [6.07, 6.45) is 1.33. The fraction of sp³-hybridized carbons (Fsp3) is 0.857. The summed E-state index contributed by atoms with van der Waals surface area (Å²) in [5.41, 5.74) is 1.78. The van der Waals surface area contributed by atoms with Gasteiger partial charge in [0.25, 0.3) is 0 Å². The summed E-state index contributed by atoms with van der Waals surface area (Å²) in [5.74, 6) is 4.36. The van der Waals surface area contributed by atoms with Crippen LogP contribution in [0.2, 0.25) is 0 Å². The SMILES string of the molecule is CN(CCC(=O)ONN)CCS(C)(=O)=O. The Hall–Kier alpha value is -0.700. The summed E-state index contributed by atoms with van der Waals surface area (Å²) in [4.78, 5) is 16.9. The number of sulfone groups is 1. The van der Waals surface area contributed by atoms with E-state index in [1.807, 2.05) is 0 Å². The lowest BCUT2D eigenvalue weighted by Gasteiger charge is -2.14. The van der Waals surface area contributed by atoms with Gasteiger partial charge in [0, 0.05) is 19.3 Å². The van der Waals surface area contributed by atoms with Gasteiger partial charge in [-0.25, -0.2) is 14.3 Å². The Morgan fingerprint density at radius 2 is 2.07 bits per heavy atom. The van der Waals surface area contributed by atoms with Crippen molar-refractivity contribution in [1.82, 2.24) is 10.5 Å². The maximum absolute atomic E-state index is 10.8. The third kappa shape index (κ3) is 9.60. The number of hydrogen-bond acceptors (Lipinski definition) is 7. The predicted octanol–water partition coefficient (Wildman–Crippen LogP) is -1.73. The van der Waals surface area contributed by atoms with Crippen molar-refractivity contribution in [2.24, 2.45) is 5.84 Å². The van der Waals surface area contributed by atoms with Crippen LogP contribution in [0.25, 0.3) is 0 Å². The molecule has 0 radical (unpaired) electrons. The van der Waals surface area contributed by atoms with Crippen molar-refractivity contribution in [3.05, 3.63) is 0 Å². The minimum Gasteiger partial charge on any atom is -0.356 e. The summed E-state index contributed by atoms with van der Waals surface area (Å²) in [5, 5.41) is 0. The summed E-state index contributed by atoms with van der Waals surface area (Å²) in [7, 11) is -1.23. The zero-order chi connectivity index (χ0) is 11.9. The second-order valence-corrected chi connectivity index (χ2v) is 5.53. The van der Waals surface area contributed by atoms with Gasteiger partial charge in [0.2, 0.25) is 0 Å². The smallest absolute Gasteiger partial charge is 0.327 e. The molecule has 0 heterocycles. The van der Waals surface area contributed by atoms with Crippen molar-refractivity contribution in [2.45, 2.75) is 6.42 Å². The van der Waals surface area contributed by atoms with Crippen molar-refractivity contribution in [2.75, 3.05) is 32.1 Å². The highest BCUT2D eigenvalue weighted by atomic mass is 32.2. The van der Waals surface area contributed by atoms with Gasteiger partial charge in [-0.05, 0) is 7.05 Å². The van der Waals surface area contributed by atoms with Gasteiger partial charge in [0.1, 0.15) is 9.84 Å². The maximum Gasteiger partial charge on any atom is 0.327 e. The van der Waals surface area contributed by atoms with Crippen molar-refractivity contribution in [1.29, 1.82) is 0 Å². The van der Waals surface area contributed by atoms with Gasteiger partial charge in [-0.15, -0.1) is 0 Å². The molecule has 0 aromatic rings. The lowest BCUT2D eigenvalue weighted by molar-refractivity contribution is -0.151. The molecule has 0 saturated carbocycles. The van der Waals surface area contributed by atoms with Crippen LogP contribution in [0.15, 0.2) is 0 Å². The second kappa shape index (κ2) is 6.72. The molecule has 15 heavy (non-hydrogen) atoms. The van der Waals surface area contributed by atoms with Crippen molar-refractivity contribution in [3.63, 3.8) is 0 Å². The molecule has 0 fully saturated rings. The topological polar surface area (TPSA) is 102 Å². The largest absolute Gasteiger partial charge is 0.356 e. The van der Waals surface area contributed by atoms with Gasteiger partial charge in [-0.2, -0.15) is 0 Å². The number of nitrogens with one attached hydrogen (secondary N) is 1. The first kappa shape index (κ1) is 14.3. The highest BCUT2D eigenvalue weighted by Gasteiger charge is 2.08. The van der Waals surface area contributed by atoms with Crippen LogP contribution in [-0.2, 0) is 19.5 Å². The molecular formula is C7H17N3O4S. The normalized spacial score (nSPS) is 11.7. The molecule has 0 saturated heterocycles. The number of nitrogens with two attached hydrogens (primary N) is 1. The summed E-state index contributed by atoms with van der Waals surface area (Å²) < 4.78 is 21.7. The van der Waals surface area contributed by atoms with Crippen LogP contribution in [0.4, 0.5) is 0 Å². The quantitative estimate of drug-likeness (QED) is 0.402. The molecule has 0 atom stereocenters. The predicted molar refractivity (Wildman–Crippen MR) is 55.2 cm³/mol. The molecule has 0 bridgehead atoms. The molecule has 7 nitrogen and oxygen atoms in total. The molecule has 0 unspecified atom stereocenters. The molecule has 0 aliphatic carbocycles. The maximum atomic E-state index is 10.8. The van der Waals surface area contributed by atoms with Crippen molar-refractivity contribution < 1.29 is 18.0 Å². The molecule has 0 aliphatic rings. The van der Waals surface area contributed by atoms with Crippen LogP contribution in [0.5, 0.6) is 0 Å². The molecule has 0 amide bonds. The molecule has 0 aliphatic heterocycles. The van der Waals surface area contributed by atoms with E-state index >= 15 is 0 Å². The van der Waals surface area contributed by atoms with Gasteiger partial charge in [0.05, 0.1) is 12.2 Å². The van der Waals surface area contributed by atoms with Crippen LogP contribution >= 0.6 is 0 Å². The number of nitrogens with zero attached hydrogens (tertiary/aromatic N) is 1. The fourth-order valence-corrected chi connectivity index (χ4v) is 1.48. The third-order valence-electron chi connectivity index (χ3n) is 1.71. The van der Waals surface area contributed by atoms with Crippen LogP contribution < -0.4 is 11.4 Å². The van der Waals surface area contributed by atoms with Crippen LogP contribution in [0.3, 0.4) is 0 Å². The second-order valence-electron chi connectivity index (χ2n) is 3.28. The van der Waals surface area contributed by atoms with Gasteiger partial charge in [0.15, 0.2) is 0 Å². The molecular weight excluding hydrogens is 222 g/mol. The zero-order valence-corrected chi connectivity index (χ0v) is 9.71. The Bertz CT molecular complexity index is 291. The van der Waals surface area contributed by atoms with E-state index in [0.29, 0.717) is 13.1 Å². The monoisotopic (exact) mass is 239 g/mol.